The number of hydrogen-bond donors (Lipinski definition) is 2. The number of rotatable bonds is 6. The Morgan fingerprint density at radius 1 is 1.22 bits per heavy atom. The Hall–Kier alpha value is -4.49. The van der Waals surface area contributed by atoms with E-state index in [0.29, 0.717) is 29.2 Å². The lowest BCUT2D eigenvalue weighted by Gasteiger charge is -2.25. The van der Waals surface area contributed by atoms with E-state index in [4.69, 9.17) is 24.4 Å². The molecule has 2 aromatic heterocycles. The smallest absolute Gasteiger partial charge is 0.379 e. The minimum Gasteiger partial charge on any atom is -0.490 e. The van der Waals surface area contributed by atoms with Gasteiger partial charge in [-0.1, -0.05) is 34.1 Å². The summed E-state index contributed by atoms with van der Waals surface area (Å²) in [6, 6.07) is 18.0. The van der Waals surface area contributed by atoms with Gasteiger partial charge in [0.2, 0.25) is 17.5 Å². The molecule has 3 N–H and O–H groups in total. The van der Waals surface area contributed by atoms with Gasteiger partial charge in [-0.3, -0.25) is 5.10 Å². The number of hydrogen-bond acceptors (Lipinski definition) is 8. The maximum atomic E-state index is 12.4. The number of ether oxygens (including phenoxy) is 3. The molecular formula is C26H19BrN4O5. The molecule has 0 radical (unpaired) electrons. The number of nitrogens with zero attached hydrogens (tertiary/aromatic N) is 2. The lowest BCUT2D eigenvalue weighted by Crippen LogP contribution is -2.21. The molecule has 0 amide bonds. The number of halogens is 1. The van der Waals surface area contributed by atoms with E-state index in [1.807, 2.05) is 31.2 Å². The van der Waals surface area contributed by atoms with Crippen molar-refractivity contribution in [2.24, 2.45) is 5.73 Å². The van der Waals surface area contributed by atoms with E-state index in [1.165, 1.54) is 12.3 Å². The average Bonchev–Trinajstić information content (AvgIpc) is 3.55. The van der Waals surface area contributed by atoms with Crippen LogP contribution in [0.2, 0.25) is 0 Å². The number of nitrogens with two attached hydrogens (primary N) is 1. The van der Waals surface area contributed by atoms with E-state index in [9.17, 15) is 10.1 Å². The highest BCUT2D eigenvalue weighted by Gasteiger charge is 2.36. The van der Waals surface area contributed by atoms with Gasteiger partial charge in [-0.15, -0.1) is 5.10 Å². The zero-order valence-electron chi connectivity index (χ0n) is 18.9. The van der Waals surface area contributed by atoms with Crippen LogP contribution in [0.1, 0.15) is 34.5 Å². The second-order valence-corrected chi connectivity index (χ2v) is 8.67. The van der Waals surface area contributed by atoms with Crippen LogP contribution in [-0.2, 0) is 0 Å². The summed E-state index contributed by atoms with van der Waals surface area (Å²) in [5, 5.41) is 17.3. The average molecular weight is 547 g/mol. The van der Waals surface area contributed by atoms with Crippen LogP contribution in [0.3, 0.4) is 0 Å². The monoisotopic (exact) mass is 546 g/mol. The molecular weight excluding hydrogens is 528 g/mol. The summed E-state index contributed by atoms with van der Waals surface area (Å²) in [6.07, 6.45) is 1.39. The minimum absolute atomic E-state index is 0.0323. The van der Waals surface area contributed by atoms with Crippen LogP contribution in [0.4, 0.5) is 0 Å². The Morgan fingerprint density at radius 3 is 2.72 bits per heavy atom. The van der Waals surface area contributed by atoms with Gasteiger partial charge in [-0.2, -0.15) is 5.26 Å². The largest absolute Gasteiger partial charge is 0.490 e. The SMILES string of the molecule is CCOc1cc([C@@H]2C(C#N)=C(N)Oc3n[nH]c(-c4ccc(Br)cc4)c32)ccc1OC(=O)c1ccco1. The predicted octanol–water partition coefficient (Wildman–Crippen LogP) is 5.27. The Balaban J connectivity index is 1.60. The number of esters is 1. The summed E-state index contributed by atoms with van der Waals surface area (Å²) in [5.41, 5.74) is 9.22. The van der Waals surface area contributed by atoms with E-state index in [1.54, 1.807) is 24.3 Å². The summed E-state index contributed by atoms with van der Waals surface area (Å²) in [4.78, 5) is 12.4. The van der Waals surface area contributed by atoms with E-state index < -0.39 is 11.9 Å². The van der Waals surface area contributed by atoms with E-state index >= 15 is 0 Å². The van der Waals surface area contributed by atoms with Crippen LogP contribution in [0.15, 0.2) is 81.2 Å². The third-order valence-corrected chi connectivity index (χ3v) is 6.13. The molecule has 1 aliphatic heterocycles. The fourth-order valence-corrected chi connectivity index (χ4v) is 4.28. The summed E-state index contributed by atoms with van der Waals surface area (Å²) < 4.78 is 23.0. The summed E-state index contributed by atoms with van der Waals surface area (Å²) in [6.45, 7) is 2.14. The van der Waals surface area contributed by atoms with Crippen molar-refractivity contribution in [3.05, 3.63) is 93.7 Å². The second-order valence-electron chi connectivity index (χ2n) is 7.76. The van der Waals surface area contributed by atoms with Gasteiger partial charge in [0.05, 0.1) is 30.0 Å². The minimum atomic E-state index is -0.656. The van der Waals surface area contributed by atoms with Crippen LogP contribution >= 0.6 is 15.9 Å². The van der Waals surface area contributed by atoms with Gasteiger partial charge >= 0.3 is 5.97 Å². The molecule has 36 heavy (non-hydrogen) atoms. The highest BCUT2D eigenvalue weighted by atomic mass is 79.9. The zero-order valence-corrected chi connectivity index (χ0v) is 20.5. The lowest BCUT2D eigenvalue weighted by atomic mass is 9.83. The van der Waals surface area contributed by atoms with Gasteiger partial charge in [0.1, 0.15) is 11.6 Å². The number of nitriles is 1. The van der Waals surface area contributed by atoms with Crippen molar-refractivity contribution < 1.29 is 23.4 Å². The van der Waals surface area contributed by atoms with Crippen molar-refractivity contribution in [1.29, 1.82) is 5.26 Å². The Morgan fingerprint density at radius 2 is 2.03 bits per heavy atom. The Labute approximate surface area is 214 Å². The fourth-order valence-electron chi connectivity index (χ4n) is 4.02. The molecule has 10 heteroatoms. The number of furan rings is 1. The van der Waals surface area contributed by atoms with E-state index in [0.717, 1.165) is 10.0 Å². The summed E-state index contributed by atoms with van der Waals surface area (Å²) >= 11 is 3.45. The number of aromatic amines is 1. The van der Waals surface area contributed by atoms with Gasteiger partial charge in [0.15, 0.2) is 11.5 Å². The van der Waals surface area contributed by atoms with E-state index in [2.05, 4.69) is 32.2 Å². The molecule has 4 aromatic rings. The van der Waals surface area contributed by atoms with Crippen molar-refractivity contribution in [1.82, 2.24) is 10.2 Å². The number of H-pyrrole nitrogens is 1. The number of carbonyl (C=O) groups is 1. The summed E-state index contributed by atoms with van der Waals surface area (Å²) in [7, 11) is 0. The number of nitrogens with one attached hydrogen (secondary N) is 1. The first-order valence-electron chi connectivity index (χ1n) is 10.9. The second kappa shape index (κ2) is 9.64. The number of allylic oxidation sites excluding steroid dienone is 1. The topological polar surface area (TPSA) is 136 Å². The molecule has 0 spiro atoms. The van der Waals surface area contributed by atoms with Crippen molar-refractivity contribution in [2.75, 3.05) is 6.61 Å². The number of benzene rings is 2. The molecule has 180 valence electrons. The maximum absolute atomic E-state index is 12.4. The molecule has 1 aliphatic rings. The number of fused-ring (bicyclic) bond motifs is 1. The molecule has 5 rings (SSSR count). The Kier molecular flexibility index (Phi) is 6.23. The van der Waals surface area contributed by atoms with Crippen LogP contribution < -0.4 is 19.9 Å². The first-order valence-corrected chi connectivity index (χ1v) is 11.7. The van der Waals surface area contributed by atoms with Crippen LogP contribution in [-0.4, -0.2) is 22.8 Å². The third kappa shape index (κ3) is 4.21. The van der Waals surface area contributed by atoms with Gasteiger partial charge in [0.25, 0.3) is 0 Å². The summed E-state index contributed by atoms with van der Waals surface area (Å²) in [5.74, 6) is -0.412. The fraction of sp³-hybridized carbons (Fsp3) is 0.115. The quantitative estimate of drug-likeness (QED) is 0.246. The number of aromatic nitrogens is 2. The standard InChI is InChI=1S/C26H19BrN4O5/c1-2-33-20-12-15(7-10-18(20)35-26(32)19-4-3-11-34-19)21-17(13-28)24(29)36-25-22(21)23(30-31-25)14-5-8-16(27)9-6-14/h3-12,21H,2,29H2,1H3,(H,30,31)/t21-/m1/s1. The van der Waals surface area contributed by atoms with Gasteiger partial charge in [0, 0.05) is 10.0 Å². The highest BCUT2D eigenvalue weighted by Crippen LogP contribution is 2.47. The first kappa shape index (κ1) is 23.3. The third-order valence-electron chi connectivity index (χ3n) is 5.60. The molecule has 0 unspecified atom stereocenters. The van der Waals surface area contributed by atoms with Crippen molar-refractivity contribution in [3.8, 4) is 34.7 Å². The van der Waals surface area contributed by atoms with Gasteiger partial charge in [-0.05, 0) is 48.9 Å². The lowest BCUT2D eigenvalue weighted by molar-refractivity contribution is 0.0695. The molecule has 0 saturated heterocycles. The number of carbonyl (C=O) groups excluding carboxylic acids is 1. The highest BCUT2D eigenvalue weighted by molar-refractivity contribution is 9.10. The van der Waals surface area contributed by atoms with Crippen LogP contribution in [0.5, 0.6) is 17.4 Å². The van der Waals surface area contributed by atoms with Crippen molar-refractivity contribution >= 4 is 21.9 Å². The predicted molar refractivity (Wildman–Crippen MR) is 132 cm³/mol. The molecule has 2 aromatic carbocycles. The van der Waals surface area contributed by atoms with Gasteiger partial charge < -0.3 is 24.4 Å². The first-order chi connectivity index (χ1) is 17.5. The normalized spacial score (nSPS) is 14.5. The Bertz CT molecular complexity index is 1500. The molecule has 0 fully saturated rings. The van der Waals surface area contributed by atoms with Gasteiger partial charge in [-0.25, -0.2) is 4.79 Å². The molecule has 0 bridgehead atoms. The molecule has 0 aliphatic carbocycles. The van der Waals surface area contributed by atoms with Crippen LogP contribution in [0, 0.1) is 11.3 Å². The maximum Gasteiger partial charge on any atom is 0.379 e. The molecule has 1 atom stereocenters. The van der Waals surface area contributed by atoms with Crippen LogP contribution in [0.25, 0.3) is 11.3 Å². The molecule has 0 saturated carbocycles. The van der Waals surface area contributed by atoms with Crippen molar-refractivity contribution in [3.63, 3.8) is 0 Å². The van der Waals surface area contributed by atoms with E-state index in [-0.39, 0.29) is 28.8 Å². The molecule has 9 nitrogen and oxygen atoms in total. The van der Waals surface area contributed by atoms with Crippen molar-refractivity contribution in [2.45, 2.75) is 12.8 Å². The molecule has 3 heterocycles. The zero-order chi connectivity index (χ0) is 25.2.